The Hall–Kier alpha value is -1.27. The highest BCUT2D eigenvalue weighted by Gasteiger charge is 2.26. The lowest BCUT2D eigenvalue weighted by molar-refractivity contribution is 0.136. The third-order valence-corrected chi connectivity index (χ3v) is 5.70. The number of nitrogens with zero attached hydrogens (tertiary/aromatic N) is 2. The molecule has 3 rings (SSSR count). The molecular weight excluding hydrogens is 380 g/mol. The summed E-state index contributed by atoms with van der Waals surface area (Å²) in [6, 6.07) is 8.90. The number of benzene rings is 1. The van der Waals surface area contributed by atoms with Crippen molar-refractivity contribution in [2.24, 2.45) is 10.9 Å². The van der Waals surface area contributed by atoms with Crippen LogP contribution in [-0.2, 0) is 0 Å². The molecule has 2 fully saturated rings. The van der Waals surface area contributed by atoms with Crippen molar-refractivity contribution in [3.63, 3.8) is 0 Å². The molecule has 0 radical (unpaired) electrons. The standard InChI is InChI=1S/C19H29BrN4O/c1-2-21-19(22-12-14-4-3-5-18(14)25)23-16-10-11-24(13-16)17-8-6-15(20)7-9-17/h6-9,14,16,18,25H,2-5,10-13H2,1H3,(H2,21,22,23). The lowest BCUT2D eigenvalue weighted by Gasteiger charge is -2.21. The van der Waals surface area contributed by atoms with E-state index in [1.54, 1.807) is 0 Å². The maximum absolute atomic E-state index is 9.98. The minimum atomic E-state index is -0.175. The largest absolute Gasteiger partial charge is 0.393 e. The molecule has 5 nitrogen and oxygen atoms in total. The van der Waals surface area contributed by atoms with E-state index in [9.17, 15) is 5.11 Å². The average Bonchev–Trinajstić information content (AvgIpc) is 3.23. The van der Waals surface area contributed by atoms with Crippen molar-refractivity contribution < 1.29 is 5.11 Å². The Morgan fingerprint density at radius 2 is 2.08 bits per heavy atom. The topological polar surface area (TPSA) is 59.9 Å². The zero-order valence-electron chi connectivity index (χ0n) is 14.9. The molecule has 3 N–H and O–H groups in total. The van der Waals surface area contributed by atoms with Gasteiger partial charge in [0.1, 0.15) is 0 Å². The second-order valence-electron chi connectivity index (χ2n) is 7.03. The lowest BCUT2D eigenvalue weighted by Crippen LogP contribution is -2.45. The Balaban J connectivity index is 1.54. The number of nitrogens with one attached hydrogen (secondary N) is 2. The van der Waals surface area contributed by atoms with Gasteiger partial charge in [0.05, 0.1) is 6.10 Å². The average molecular weight is 409 g/mol. The van der Waals surface area contributed by atoms with Crippen LogP contribution < -0.4 is 15.5 Å². The Kier molecular flexibility index (Phi) is 6.59. The minimum absolute atomic E-state index is 0.175. The van der Waals surface area contributed by atoms with Crippen molar-refractivity contribution in [3.05, 3.63) is 28.7 Å². The number of aliphatic hydroxyl groups excluding tert-OH is 1. The molecule has 3 atom stereocenters. The summed E-state index contributed by atoms with van der Waals surface area (Å²) in [6.07, 6.45) is 4.06. The summed E-state index contributed by atoms with van der Waals surface area (Å²) in [5, 5.41) is 16.9. The van der Waals surface area contributed by atoms with Crippen LogP contribution in [0.15, 0.2) is 33.7 Å². The summed E-state index contributed by atoms with van der Waals surface area (Å²) in [4.78, 5) is 7.14. The van der Waals surface area contributed by atoms with E-state index in [4.69, 9.17) is 4.99 Å². The van der Waals surface area contributed by atoms with Crippen LogP contribution in [0.1, 0.15) is 32.6 Å². The van der Waals surface area contributed by atoms with Crippen LogP contribution in [0.25, 0.3) is 0 Å². The van der Waals surface area contributed by atoms with E-state index >= 15 is 0 Å². The van der Waals surface area contributed by atoms with E-state index in [-0.39, 0.29) is 6.10 Å². The molecule has 0 bridgehead atoms. The van der Waals surface area contributed by atoms with Crippen LogP contribution in [0.5, 0.6) is 0 Å². The molecule has 1 aliphatic heterocycles. The highest BCUT2D eigenvalue weighted by molar-refractivity contribution is 9.10. The summed E-state index contributed by atoms with van der Waals surface area (Å²) < 4.78 is 1.11. The molecule has 6 heteroatoms. The van der Waals surface area contributed by atoms with Crippen molar-refractivity contribution in [1.29, 1.82) is 0 Å². The van der Waals surface area contributed by atoms with Crippen LogP contribution in [0.4, 0.5) is 5.69 Å². The van der Waals surface area contributed by atoms with Crippen molar-refractivity contribution in [2.45, 2.75) is 44.8 Å². The van der Waals surface area contributed by atoms with Gasteiger partial charge in [0.2, 0.25) is 0 Å². The van der Waals surface area contributed by atoms with E-state index in [2.05, 4.69) is 62.7 Å². The molecule has 1 saturated carbocycles. The normalized spacial score (nSPS) is 26.9. The van der Waals surface area contributed by atoms with Gasteiger partial charge < -0.3 is 20.6 Å². The summed E-state index contributed by atoms with van der Waals surface area (Å²) >= 11 is 3.49. The van der Waals surface area contributed by atoms with Crippen molar-refractivity contribution in [3.8, 4) is 0 Å². The summed E-state index contributed by atoms with van der Waals surface area (Å²) in [5.74, 6) is 1.20. The van der Waals surface area contributed by atoms with Crippen LogP contribution >= 0.6 is 15.9 Å². The maximum Gasteiger partial charge on any atom is 0.191 e. The van der Waals surface area contributed by atoms with Crippen molar-refractivity contribution in [1.82, 2.24) is 10.6 Å². The van der Waals surface area contributed by atoms with Crippen LogP contribution in [0.3, 0.4) is 0 Å². The fourth-order valence-electron chi connectivity index (χ4n) is 3.72. The van der Waals surface area contributed by atoms with Gasteiger partial charge in [0.15, 0.2) is 5.96 Å². The first-order chi connectivity index (χ1) is 12.2. The molecule has 25 heavy (non-hydrogen) atoms. The molecule has 1 aromatic rings. The molecule has 1 heterocycles. The smallest absolute Gasteiger partial charge is 0.191 e. The van der Waals surface area contributed by atoms with Gasteiger partial charge in [-0.2, -0.15) is 0 Å². The lowest BCUT2D eigenvalue weighted by atomic mass is 10.1. The Labute approximate surface area is 159 Å². The molecule has 0 spiro atoms. The quantitative estimate of drug-likeness (QED) is 0.517. The first-order valence-electron chi connectivity index (χ1n) is 9.39. The van der Waals surface area contributed by atoms with Crippen molar-refractivity contribution >= 4 is 27.6 Å². The van der Waals surface area contributed by atoms with Crippen LogP contribution in [0, 0.1) is 5.92 Å². The zero-order valence-corrected chi connectivity index (χ0v) is 16.5. The second-order valence-corrected chi connectivity index (χ2v) is 7.95. The fraction of sp³-hybridized carbons (Fsp3) is 0.632. The molecule has 3 unspecified atom stereocenters. The predicted molar refractivity (Wildman–Crippen MR) is 107 cm³/mol. The van der Waals surface area contributed by atoms with Gasteiger partial charge in [-0.3, -0.25) is 4.99 Å². The van der Waals surface area contributed by atoms with E-state index in [1.807, 2.05) is 0 Å². The van der Waals surface area contributed by atoms with Gasteiger partial charge in [-0.25, -0.2) is 0 Å². The maximum atomic E-state index is 9.98. The molecule has 1 saturated heterocycles. The molecular formula is C19H29BrN4O. The molecule has 0 amide bonds. The Bertz CT molecular complexity index is 577. The zero-order chi connectivity index (χ0) is 17.6. The summed E-state index contributed by atoms with van der Waals surface area (Å²) in [7, 11) is 0. The fourth-order valence-corrected chi connectivity index (χ4v) is 3.98. The van der Waals surface area contributed by atoms with E-state index in [1.165, 1.54) is 5.69 Å². The number of aliphatic imine (C=N–C) groups is 1. The van der Waals surface area contributed by atoms with Gasteiger partial charge in [0.25, 0.3) is 0 Å². The monoisotopic (exact) mass is 408 g/mol. The number of rotatable bonds is 5. The molecule has 0 aromatic heterocycles. The second kappa shape index (κ2) is 8.90. The number of guanidine groups is 1. The highest BCUT2D eigenvalue weighted by atomic mass is 79.9. The third kappa shape index (κ3) is 5.11. The molecule has 138 valence electrons. The molecule has 1 aromatic carbocycles. The minimum Gasteiger partial charge on any atom is -0.393 e. The van der Waals surface area contributed by atoms with E-state index in [0.29, 0.717) is 18.5 Å². The summed E-state index contributed by atoms with van der Waals surface area (Å²) in [6.45, 7) is 5.68. The molecule has 2 aliphatic rings. The van der Waals surface area contributed by atoms with Gasteiger partial charge in [-0.15, -0.1) is 0 Å². The van der Waals surface area contributed by atoms with E-state index in [0.717, 1.165) is 55.7 Å². The summed E-state index contributed by atoms with van der Waals surface area (Å²) in [5.41, 5.74) is 1.27. The molecule has 1 aliphatic carbocycles. The van der Waals surface area contributed by atoms with Gasteiger partial charge in [-0.1, -0.05) is 22.4 Å². The van der Waals surface area contributed by atoms with Crippen LogP contribution in [-0.4, -0.2) is 49.4 Å². The SMILES string of the molecule is CCNC(=NCC1CCCC1O)NC1CCN(c2ccc(Br)cc2)C1. The Morgan fingerprint density at radius 3 is 2.76 bits per heavy atom. The van der Waals surface area contributed by atoms with E-state index < -0.39 is 0 Å². The van der Waals surface area contributed by atoms with Gasteiger partial charge in [-0.05, 0) is 50.5 Å². The highest BCUT2D eigenvalue weighted by Crippen LogP contribution is 2.25. The predicted octanol–water partition coefficient (Wildman–Crippen LogP) is 2.74. The number of halogens is 1. The van der Waals surface area contributed by atoms with Gasteiger partial charge in [0, 0.05) is 48.3 Å². The number of aliphatic hydroxyl groups is 1. The Morgan fingerprint density at radius 1 is 1.28 bits per heavy atom. The number of hydrogen-bond donors (Lipinski definition) is 3. The van der Waals surface area contributed by atoms with Crippen molar-refractivity contribution in [2.75, 3.05) is 31.1 Å². The number of anilines is 1. The first kappa shape index (κ1) is 18.5. The number of hydrogen-bond acceptors (Lipinski definition) is 3. The van der Waals surface area contributed by atoms with Crippen LogP contribution in [0.2, 0.25) is 0 Å². The third-order valence-electron chi connectivity index (χ3n) is 5.17. The first-order valence-corrected chi connectivity index (χ1v) is 10.2. The van der Waals surface area contributed by atoms with Gasteiger partial charge >= 0.3 is 0 Å².